The summed E-state index contributed by atoms with van der Waals surface area (Å²) in [5, 5.41) is 15.9. The van der Waals surface area contributed by atoms with Crippen molar-refractivity contribution in [1.82, 2.24) is 5.32 Å². The van der Waals surface area contributed by atoms with E-state index in [1.807, 2.05) is 55.6 Å². The number of aldehydes is 1. The van der Waals surface area contributed by atoms with Crippen molar-refractivity contribution in [2.45, 2.75) is 54.8 Å². The standard InChI is InChI=1S/C13H15Cl2N.C12H9Cl2N.C12H10Cl2O.B.Na.H/c1-16-9-13(6-2-3-7-13)10-4-5-11(14)12(15)8-10;2*13-10-4-3-9(7-11(10)14)12(8-15)5-1-2-6-12;;;/h2-5,8,16H,6-7,9H2,1H3;1-4,7H,5-6H2;1-4,7-8H,5-6H2;;;/q;;;;+1;-1. The second-order valence-electron chi connectivity index (χ2n) is 11.8. The molecule has 0 heterocycles. The van der Waals surface area contributed by atoms with Crippen LogP contribution in [0.15, 0.2) is 91.1 Å². The largest absolute Gasteiger partial charge is 1.00 e. The summed E-state index contributed by atoms with van der Waals surface area (Å²) in [6, 6.07) is 19.1. The number of nitriles is 1. The number of benzene rings is 3. The van der Waals surface area contributed by atoms with E-state index in [0.29, 0.717) is 30.1 Å². The molecule has 3 aromatic rings. The Morgan fingerprint density at radius 2 is 1.06 bits per heavy atom. The number of likely N-dealkylation sites (N-methyl/N-ethyl adjacent to an activating group) is 1. The van der Waals surface area contributed by atoms with E-state index in [1.165, 1.54) is 5.56 Å². The zero-order valence-corrected chi connectivity index (χ0v) is 33.4. The third-order valence-electron chi connectivity index (χ3n) is 8.87. The number of hydrogen-bond donors (Lipinski definition) is 1. The number of nitrogens with one attached hydrogen (secondary N) is 1. The predicted octanol–water partition coefficient (Wildman–Crippen LogP) is 8.42. The molecular formula is C37H35BCl6N2NaO. The average molecular weight is 770 g/mol. The Hall–Kier alpha value is -1.20. The smallest absolute Gasteiger partial charge is 1.00 e. The van der Waals surface area contributed by atoms with Crippen LogP contribution in [0.3, 0.4) is 0 Å². The van der Waals surface area contributed by atoms with Crippen LogP contribution >= 0.6 is 69.6 Å². The summed E-state index contributed by atoms with van der Waals surface area (Å²) < 4.78 is 0. The van der Waals surface area contributed by atoms with Crippen LogP contribution < -0.4 is 34.9 Å². The maximum Gasteiger partial charge on any atom is 1.00 e. The molecule has 0 atom stereocenters. The molecule has 3 aromatic carbocycles. The van der Waals surface area contributed by atoms with Crippen LogP contribution in [0, 0.1) is 11.3 Å². The van der Waals surface area contributed by atoms with Gasteiger partial charge in [0.25, 0.3) is 0 Å². The molecule has 3 aliphatic rings. The molecule has 0 saturated heterocycles. The Morgan fingerprint density at radius 3 is 1.50 bits per heavy atom. The third kappa shape index (κ3) is 9.98. The van der Waals surface area contributed by atoms with Gasteiger partial charge in [0.15, 0.2) is 0 Å². The minimum Gasteiger partial charge on any atom is -1.00 e. The SMILES string of the molecule is CNCC1(c2ccc(Cl)c(Cl)c2)CC=CC1.N#CC1(c2ccc(Cl)c(Cl)c2)CC=CC1.O=CC1(c2ccc(Cl)c(Cl)c2)CC=CC1.[B].[H-].[Na+]. The van der Waals surface area contributed by atoms with E-state index in [0.717, 1.165) is 62.5 Å². The Bertz CT molecular complexity index is 1690. The van der Waals surface area contributed by atoms with Crippen LogP contribution in [-0.4, -0.2) is 28.3 Å². The predicted molar refractivity (Wildman–Crippen MR) is 202 cm³/mol. The molecule has 1 N–H and O–H groups in total. The molecular weight excluding hydrogens is 735 g/mol. The van der Waals surface area contributed by atoms with Gasteiger partial charge in [-0.1, -0.05) is 124 Å². The molecule has 0 aliphatic heterocycles. The summed E-state index contributed by atoms with van der Waals surface area (Å²) in [5.74, 6) is 0. The van der Waals surface area contributed by atoms with Crippen LogP contribution in [0.4, 0.5) is 0 Å². The zero-order valence-electron chi connectivity index (χ0n) is 27.9. The molecule has 48 heavy (non-hydrogen) atoms. The number of carbonyl (C=O) groups is 1. The molecule has 245 valence electrons. The number of allylic oxidation sites excluding steroid dienone is 6. The fourth-order valence-corrected chi connectivity index (χ4v) is 6.96. The van der Waals surface area contributed by atoms with Crippen LogP contribution in [0.2, 0.25) is 30.1 Å². The van der Waals surface area contributed by atoms with Gasteiger partial charge >= 0.3 is 29.6 Å². The summed E-state index contributed by atoms with van der Waals surface area (Å²) in [6.45, 7) is 0.956. The maximum absolute atomic E-state index is 11.2. The van der Waals surface area contributed by atoms with E-state index < -0.39 is 10.8 Å². The molecule has 0 aromatic heterocycles. The van der Waals surface area contributed by atoms with Gasteiger partial charge < -0.3 is 11.5 Å². The van der Waals surface area contributed by atoms with Crippen molar-refractivity contribution >= 4 is 84.3 Å². The fraction of sp³-hybridized carbons (Fsp3) is 0.297. The number of hydrogen-bond acceptors (Lipinski definition) is 3. The fourth-order valence-electron chi connectivity index (χ4n) is 6.06. The summed E-state index contributed by atoms with van der Waals surface area (Å²) in [6.07, 6.45) is 18.7. The normalized spacial score (nSPS) is 17.1. The van der Waals surface area contributed by atoms with Gasteiger partial charge in [0.1, 0.15) is 6.29 Å². The Kier molecular flexibility index (Phi) is 17.4. The number of carbonyl (C=O) groups excluding carboxylic acids is 1. The third-order valence-corrected chi connectivity index (χ3v) is 11.1. The van der Waals surface area contributed by atoms with Gasteiger partial charge in [-0.2, -0.15) is 5.26 Å². The van der Waals surface area contributed by atoms with E-state index >= 15 is 0 Å². The van der Waals surface area contributed by atoms with Crippen molar-refractivity contribution in [3.05, 3.63) is 138 Å². The van der Waals surface area contributed by atoms with Crippen molar-refractivity contribution in [3.8, 4) is 6.07 Å². The number of nitrogens with zero attached hydrogens (tertiary/aromatic N) is 1. The van der Waals surface area contributed by atoms with Gasteiger partial charge in [-0.05, 0) is 98.7 Å². The van der Waals surface area contributed by atoms with Crippen LogP contribution in [-0.2, 0) is 21.0 Å². The van der Waals surface area contributed by atoms with Crippen LogP contribution in [0.5, 0.6) is 0 Å². The molecule has 3 nitrogen and oxygen atoms in total. The van der Waals surface area contributed by atoms with Gasteiger partial charge in [-0.25, -0.2) is 0 Å². The minimum atomic E-state index is -0.436. The van der Waals surface area contributed by atoms with E-state index in [2.05, 4.69) is 29.6 Å². The second-order valence-corrected chi connectivity index (χ2v) is 14.2. The van der Waals surface area contributed by atoms with E-state index in [4.69, 9.17) is 69.6 Å². The molecule has 0 bridgehead atoms. The zero-order chi connectivity index (χ0) is 33.4. The first-order chi connectivity index (χ1) is 22.0. The molecule has 0 unspecified atom stereocenters. The van der Waals surface area contributed by atoms with E-state index in [-0.39, 0.29) is 44.8 Å². The summed E-state index contributed by atoms with van der Waals surface area (Å²) in [7, 11) is 1.98. The molecule has 0 saturated carbocycles. The quantitative estimate of drug-likeness (QED) is 0.156. The Balaban J connectivity index is 0.000000357. The molecule has 11 heteroatoms. The molecule has 0 amide bonds. The van der Waals surface area contributed by atoms with E-state index in [1.54, 1.807) is 24.3 Å². The number of halogens is 6. The summed E-state index contributed by atoms with van der Waals surface area (Å²) in [4.78, 5) is 11.2. The topological polar surface area (TPSA) is 52.9 Å². The maximum atomic E-state index is 11.2. The minimum absolute atomic E-state index is 0. The van der Waals surface area contributed by atoms with Crippen molar-refractivity contribution in [2.24, 2.45) is 0 Å². The van der Waals surface area contributed by atoms with Crippen LogP contribution in [0.1, 0.15) is 56.6 Å². The van der Waals surface area contributed by atoms with Crippen molar-refractivity contribution in [3.63, 3.8) is 0 Å². The van der Waals surface area contributed by atoms with Gasteiger partial charge in [-0.3, -0.25) is 0 Å². The molecule has 0 fully saturated rings. The van der Waals surface area contributed by atoms with Crippen molar-refractivity contribution in [1.29, 1.82) is 5.26 Å². The Labute approximate surface area is 340 Å². The average Bonchev–Trinajstić information content (AvgIpc) is 3.85. The van der Waals surface area contributed by atoms with Gasteiger partial charge in [0.2, 0.25) is 0 Å². The molecule has 3 aliphatic carbocycles. The Morgan fingerprint density at radius 1 is 0.667 bits per heavy atom. The monoisotopic (exact) mass is 767 g/mol. The number of rotatable bonds is 6. The van der Waals surface area contributed by atoms with Gasteiger partial charge in [0.05, 0.1) is 47.0 Å². The van der Waals surface area contributed by atoms with Crippen LogP contribution in [0.25, 0.3) is 0 Å². The first-order valence-electron chi connectivity index (χ1n) is 14.9. The first-order valence-corrected chi connectivity index (χ1v) is 17.1. The molecule has 3 radical (unpaired) electrons. The molecule has 0 spiro atoms. The van der Waals surface area contributed by atoms with E-state index in [9.17, 15) is 10.1 Å². The molecule has 6 rings (SSSR count). The first kappa shape index (κ1) is 43.0. The van der Waals surface area contributed by atoms with Gasteiger partial charge in [0, 0.05) is 20.4 Å². The summed E-state index contributed by atoms with van der Waals surface area (Å²) in [5.41, 5.74) is 2.45. The summed E-state index contributed by atoms with van der Waals surface area (Å²) >= 11 is 35.6. The van der Waals surface area contributed by atoms with Crippen molar-refractivity contribution in [2.75, 3.05) is 13.6 Å². The van der Waals surface area contributed by atoms with Gasteiger partial charge in [-0.15, -0.1) is 0 Å². The van der Waals surface area contributed by atoms with Crippen molar-refractivity contribution < 1.29 is 35.8 Å². The second kappa shape index (κ2) is 19.4.